The highest BCUT2D eigenvalue weighted by molar-refractivity contribution is 7.17. The summed E-state index contributed by atoms with van der Waals surface area (Å²) >= 11 is 14.1. The molecule has 1 aliphatic rings. The van der Waals surface area contributed by atoms with Crippen LogP contribution < -0.4 is 0 Å². The van der Waals surface area contributed by atoms with Crippen molar-refractivity contribution in [3.8, 4) is 5.88 Å². The van der Waals surface area contributed by atoms with Crippen LogP contribution in [0.4, 0.5) is 0 Å². The lowest BCUT2D eigenvalue weighted by Gasteiger charge is -2.39. The Kier molecular flexibility index (Phi) is 6.29. The van der Waals surface area contributed by atoms with Gasteiger partial charge in [-0.05, 0) is 17.7 Å². The second-order valence-electron chi connectivity index (χ2n) is 7.04. The highest BCUT2D eigenvalue weighted by Gasteiger charge is 2.32. The number of nitrogens with zero attached hydrogens (tertiary/aromatic N) is 5. The minimum Gasteiger partial charge on any atom is -0.492 e. The Hall–Kier alpha value is -1.42. The Morgan fingerprint density at radius 3 is 2.59 bits per heavy atom. The number of halogens is 2. The molecule has 1 fully saturated rings. The van der Waals surface area contributed by atoms with Gasteiger partial charge in [0, 0.05) is 49.2 Å². The topological polar surface area (TPSA) is 77.1 Å². The summed E-state index contributed by atoms with van der Waals surface area (Å²) in [6, 6.07) is 5.24. The smallest absolute Gasteiger partial charge is 0.230 e. The van der Waals surface area contributed by atoms with Crippen molar-refractivity contribution in [2.45, 2.75) is 19.4 Å². The van der Waals surface area contributed by atoms with E-state index in [2.05, 4.69) is 19.9 Å². The third-order valence-corrected chi connectivity index (χ3v) is 6.89. The number of thiazole rings is 1. The Morgan fingerprint density at radius 2 is 1.97 bits per heavy atom. The first-order valence-electron chi connectivity index (χ1n) is 9.61. The average molecular weight is 456 g/mol. The maximum Gasteiger partial charge on any atom is 0.230 e. The number of benzene rings is 1. The molecular weight excluding hydrogens is 433 g/mol. The van der Waals surface area contributed by atoms with E-state index in [4.69, 9.17) is 23.2 Å². The van der Waals surface area contributed by atoms with Crippen LogP contribution in [0.15, 0.2) is 18.2 Å². The highest BCUT2D eigenvalue weighted by Crippen LogP contribution is 2.42. The van der Waals surface area contributed by atoms with E-state index in [0.29, 0.717) is 33.8 Å². The van der Waals surface area contributed by atoms with Crippen molar-refractivity contribution in [3.05, 3.63) is 44.5 Å². The SMILES string of the molecule is CCc1nc2sc(C(c3ccc(Cl)cc3Cl)N3CCN(CCO)CC3)c(O)n2n1. The summed E-state index contributed by atoms with van der Waals surface area (Å²) in [6.07, 6.45) is 0.711. The number of aliphatic hydroxyl groups excluding tert-OH is 1. The van der Waals surface area contributed by atoms with Crippen LogP contribution in [0.25, 0.3) is 4.96 Å². The van der Waals surface area contributed by atoms with Gasteiger partial charge in [0.05, 0.1) is 17.5 Å². The first kappa shape index (κ1) is 20.8. The standard InChI is InChI=1S/C19H23Cl2N5O2S/c1-2-15-22-19-26(23-15)18(28)17(29-19)16(13-4-3-12(20)11-14(13)21)25-7-5-24(6-8-25)9-10-27/h3-4,11,16,27-28H,2,5-10H2,1H3. The Bertz CT molecular complexity index is 1000. The van der Waals surface area contributed by atoms with E-state index in [0.717, 1.165) is 36.6 Å². The van der Waals surface area contributed by atoms with Crippen LogP contribution in [0.3, 0.4) is 0 Å². The van der Waals surface area contributed by atoms with E-state index in [1.807, 2.05) is 19.1 Å². The average Bonchev–Trinajstić information content (AvgIpc) is 3.24. The summed E-state index contributed by atoms with van der Waals surface area (Å²) in [5.74, 6) is 0.808. The van der Waals surface area contributed by atoms with Crippen LogP contribution in [-0.2, 0) is 6.42 Å². The summed E-state index contributed by atoms with van der Waals surface area (Å²) in [5, 5.41) is 25.7. The Labute approximate surface area is 183 Å². The third kappa shape index (κ3) is 4.10. The fraction of sp³-hybridized carbons (Fsp3) is 0.474. The molecule has 10 heteroatoms. The van der Waals surface area contributed by atoms with Crippen molar-refractivity contribution in [1.82, 2.24) is 24.4 Å². The minimum atomic E-state index is -0.227. The van der Waals surface area contributed by atoms with E-state index < -0.39 is 0 Å². The van der Waals surface area contributed by atoms with Crippen LogP contribution in [0.1, 0.15) is 29.2 Å². The molecule has 0 saturated carbocycles. The number of aromatic nitrogens is 3. The second kappa shape index (κ2) is 8.75. The zero-order valence-electron chi connectivity index (χ0n) is 16.1. The fourth-order valence-corrected chi connectivity index (χ4v) is 5.37. The summed E-state index contributed by atoms with van der Waals surface area (Å²) in [6.45, 7) is 6.06. The molecule has 1 atom stereocenters. The molecule has 4 rings (SSSR count). The number of piperazine rings is 1. The number of aryl methyl sites for hydroxylation is 1. The van der Waals surface area contributed by atoms with Gasteiger partial charge in [0.1, 0.15) is 0 Å². The lowest BCUT2D eigenvalue weighted by atomic mass is 10.0. The van der Waals surface area contributed by atoms with Crippen LogP contribution in [0.5, 0.6) is 5.88 Å². The number of hydrogen-bond acceptors (Lipinski definition) is 7. The molecule has 2 N–H and O–H groups in total. The van der Waals surface area contributed by atoms with E-state index in [1.165, 1.54) is 15.9 Å². The second-order valence-corrected chi connectivity index (χ2v) is 8.89. The van der Waals surface area contributed by atoms with Crippen LogP contribution >= 0.6 is 34.5 Å². The lowest BCUT2D eigenvalue weighted by Crippen LogP contribution is -2.48. The summed E-state index contributed by atoms with van der Waals surface area (Å²) in [5.41, 5.74) is 0.891. The molecule has 1 aliphatic heterocycles. The Balaban J connectivity index is 1.74. The molecule has 0 amide bonds. The number of aromatic hydroxyl groups is 1. The van der Waals surface area contributed by atoms with Crippen molar-refractivity contribution in [1.29, 1.82) is 0 Å². The van der Waals surface area contributed by atoms with E-state index in [9.17, 15) is 10.2 Å². The van der Waals surface area contributed by atoms with Gasteiger partial charge in [-0.2, -0.15) is 4.52 Å². The first-order valence-corrected chi connectivity index (χ1v) is 11.2. The molecule has 0 spiro atoms. The zero-order valence-corrected chi connectivity index (χ0v) is 18.4. The number of β-amino-alcohol motifs (C(OH)–C–C–N with tert-alkyl or cyclic N) is 1. The molecule has 0 bridgehead atoms. The molecule has 0 aliphatic carbocycles. The molecule has 3 heterocycles. The van der Waals surface area contributed by atoms with Crippen molar-refractivity contribution >= 4 is 39.5 Å². The van der Waals surface area contributed by atoms with Gasteiger partial charge in [-0.1, -0.05) is 47.5 Å². The quantitative estimate of drug-likeness (QED) is 0.594. The van der Waals surface area contributed by atoms with E-state index >= 15 is 0 Å². The van der Waals surface area contributed by atoms with Crippen molar-refractivity contribution in [2.75, 3.05) is 39.3 Å². The molecule has 1 saturated heterocycles. The van der Waals surface area contributed by atoms with Gasteiger partial charge in [0.25, 0.3) is 0 Å². The largest absolute Gasteiger partial charge is 0.492 e. The van der Waals surface area contributed by atoms with Crippen molar-refractivity contribution in [2.24, 2.45) is 0 Å². The fourth-order valence-electron chi connectivity index (χ4n) is 3.73. The Morgan fingerprint density at radius 1 is 1.21 bits per heavy atom. The normalized spacial score (nSPS) is 17.2. The van der Waals surface area contributed by atoms with Gasteiger partial charge >= 0.3 is 0 Å². The zero-order chi connectivity index (χ0) is 20.5. The highest BCUT2D eigenvalue weighted by atomic mass is 35.5. The monoisotopic (exact) mass is 455 g/mol. The number of rotatable bonds is 6. The molecule has 1 unspecified atom stereocenters. The van der Waals surface area contributed by atoms with Crippen molar-refractivity contribution in [3.63, 3.8) is 0 Å². The predicted octanol–water partition coefficient (Wildman–Crippen LogP) is 3.06. The first-order chi connectivity index (χ1) is 14.0. The number of aliphatic hydroxyl groups is 1. The summed E-state index contributed by atoms with van der Waals surface area (Å²) in [7, 11) is 0. The molecule has 7 nitrogen and oxygen atoms in total. The van der Waals surface area contributed by atoms with Gasteiger partial charge in [-0.25, -0.2) is 4.98 Å². The van der Waals surface area contributed by atoms with Gasteiger partial charge < -0.3 is 10.2 Å². The van der Waals surface area contributed by atoms with Crippen LogP contribution in [0, 0.1) is 0 Å². The van der Waals surface area contributed by atoms with Gasteiger partial charge in [-0.15, -0.1) is 5.10 Å². The molecule has 2 aromatic heterocycles. The predicted molar refractivity (Wildman–Crippen MR) is 115 cm³/mol. The summed E-state index contributed by atoms with van der Waals surface area (Å²) in [4.78, 5) is 10.5. The lowest BCUT2D eigenvalue weighted by molar-refractivity contribution is 0.0946. The molecule has 0 radical (unpaired) electrons. The van der Waals surface area contributed by atoms with E-state index in [-0.39, 0.29) is 18.5 Å². The molecule has 1 aromatic carbocycles. The van der Waals surface area contributed by atoms with Gasteiger partial charge in [0.2, 0.25) is 10.8 Å². The maximum absolute atomic E-state index is 11.0. The van der Waals surface area contributed by atoms with E-state index in [1.54, 1.807) is 6.07 Å². The minimum absolute atomic E-state index is 0.103. The summed E-state index contributed by atoms with van der Waals surface area (Å²) < 4.78 is 1.51. The molecule has 29 heavy (non-hydrogen) atoms. The number of hydrogen-bond donors (Lipinski definition) is 2. The molecular formula is C19H23Cl2N5O2S. The van der Waals surface area contributed by atoms with Gasteiger partial charge in [-0.3, -0.25) is 9.80 Å². The molecule has 156 valence electrons. The van der Waals surface area contributed by atoms with Crippen LogP contribution in [-0.4, -0.2) is 73.9 Å². The van der Waals surface area contributed by atoms with Crippen LogP contribution in [0.2, 0.25) is 10.0 Å². The maximum atomic E-state index is 11.0. The van der Waals surface area contributed by atoms with Gasteiger partial charge in [0.15, 0.2) is 5.82 Å². The molecule has 3 aromatic rings. The van der Waals surface area contributed by atoms with Crippen molar-refractivity contribution < 1.29 is 10.2 Å². The third-order valence-electron chi connectivity index (χ3n) is 5.25. The number of fused-ring (bicyclic) bond motifs is 1.